The standard InChI is InChI=1S/C19H21N3O/c1-18(2)14-23-19(3)21(18)17(15-10-6-4-7-11-15)20-22(19)16-12-8-5-9-13-16/h4-13H,14H2,1-3H3. The van der Waals surface area contributed by atoms with Crippen molar-refractivity contribution in [2.24, 2.45) is 5.10 Å². The second-order valence-electron chi connectivity index (χ2n) is 6.81. The molecule has 23 heavy (non-hydrogen) atoms. The van der Waals surface area contributed by atoms with E-state index in [2.05, 4.69) is 49.9 Å². The zero-order chi connectivity index (χ0) is 16.1. The van der Waals surface area contributed by atoms with Gasteiger partial charge in [0.1, 0.15) is 0 Å². The Morgan fingerprint density at radius 2 is 1.52 bits per heavy atom. The Balaban J connectivity index is 1.87. The fraction of sp³-hybridized carbons (Fsp3) is 0.316. The summed E-state index contributed by atoms with van der Waals surface area (Å²) in [6.07, 6.45) is 0. The molecule has 4 heteroatoms. The average molecular weight is 307 g/mol. The number of ether oxygens (including phenoxy) is 1. The van der Waals surface area contributed by atoms with E-state index in [1.807, 2.05) is 41.4 Å². The summed E-state index contributed by atoms with van der Waals surface area (Å²) < 4.78 is 6.24. The Morgan fingerprint density at radius 1 is 0.913 bits per heavy atom. The topological polar surface area (TPSA) is 28.1 Å². The molecule has 4 rings (SSSR count). The van der Waals surface area contributed by atoms with E-state index in [1.165, 1.54) is 0 Å². The van der Waals surface area contributed by atoms with Gasteiger partial charge in [-0.25, -0.2) is 5.01 Å². The first-order valence-corrected chi connectivity index (χ1v) is 7.96. The van der Waals surface area contributed by atoms with Gasteiger partial charge < -0.3 is 9.64 Å². The zero-order valence-corrected chi connectivity index (χ0v) is 13.7. The molecule has 0 spiro atoms. The molecular formula is C19H21N3O. The van der Waals surface area contributed by atoms with Crippen LogP contribution in [0.15, 0.2) is 65.8 Å². The van der Waals surface area contributed by atoms with Crippen LogP contribution in [-0.4, -0.2) is 28.7 Å². The van der Waals surface area contributed by atoms with Crippen molar-refractivity contribution in [1.82, 2.24) is 4.90 Å². The molecule has 0 aliphatic carbocycles. The second-order valence-corrected chi connectivity index (χ2v) is 6.81. The van der Waals surface area contributed by atoms with Gasteiger partial charge in [0, 0.05) is 12.5 Å². The number of para-hydroxylation sites is 1. The molecule has 1 saturated heterocycles. The number of nitrogens with zero attached hydrogens (tertiary/aromatic N) is 3. The van der Waals surface area contributed by atoms with Crippen LogP contribution in [0, 0.1) is 0 Å². The van der Waals surface area contributed by atoms with Gasteiger partial charge in [-0.3, -0.25) is 0 Å². The maximum Gasteiger partial charge on any atom is 0.240 e. The Morgan fingerprint density at radius 3 is 2.17 bits per heavy atom. The fourth-order valence-electron chi connectivity index (χ4n) is 3.52. The number of hydrazone groups is 1. The van der Waals surface area contributed by atoms with Crippen molar-refractivity contribution >= 4 is 11.5 Å². The molecule has 0 saturated carbocycles. The van der Waals surface area contributed by atoms with Gasteiger partial charge in [0.2, 0.25) is 5.85 Å². The Hall–Kier alpha value is -2.33. The van der Waals surface area contributed by atoms with Crippen LogP contribution < -0.4 is 5.01 Å². The molecule has 0 bridgehead atoms. The Labute approximate surface area is 137 Å². The quantitative estimate of drug-likeness (QED) is 0.847. The van der Waals surface area contributed by atoms with Crippen LogP contribution in [0.4, 0.5) is 5.69 Å². The highest BCUT2D eigenvalue weighted by atomic mass is 16.6. The van der Waals surface area contributed by atoms with E-state index in [9.17, 15) is 0 Å². The van der Waals surface area contributed by atoms with Crippen molar-refractivity contribution in [2.45, 2.75) is 32.2 Å². The first kappa shape index (κ1) is 14.3. The van der Waals surface area contributed by atoms with Gasteiger partial charge in [-0.1, -0.05) is 48.5 Å². The smallest absolute Gasteiger partial charge is 0.240 e. The number of fused-ring (bicyclic) bond motifs is 1. The van der Waals surface area contributed by atoms with Crippen LogP contribution in [0.2, 0.25) is 0 Å². The molecule has 2 aromatic rings. The van der Waals surface area contributed by atoms with Gasteiger partial charge >= 0.3 is 0 Å². The van der Waals surface area contributed by atoms with Crippen molar-refractivity contribution in [3.63, 3.8) is 0 Å². The largest absolute Gasteiger partial charge is 0.334 e. The third-order valence-electron chi connectivity index (χ3n) is 4.55. The first-order chi connectivity index (χ1) is 11.0. The summed E-state index contributed by atoms with van der Waals surface area (Å²) >= 11 is 0. The molecule has 2 aromatic carbocycles. The lowest BCUT2D eigenvalue weighted by Gasteiger charge is -2.39. The van der Waals surface area contributed by atoms with Gasteiger partial charge in [0.25, 0.3) is 0 Å². The number of rotatable bonds is 2. The number of anilines is 1. The normalized spacial score (nSPS) is 25.4. The van der Waals surface area contributed by atoms with E-state index in [0.29, 0.717) is 6.61 Å². The lowest BCUT2D eigenvalue weighted by Crippen LogP contribution is -2.55. The predicted octanol–water partition coefficient (Wildman–Crippen LogP) is 3.65. The van der Waals surface area contributed by atoms with Gasteiger partial charge in [0.15, 0.2) is 5.84 Å². The number of hydrogen-bond donors (Lipinski definition) is 0. The lowest BCUT2D eigenvalue weighted by atomic mass is 10.0. The van der Waals surface area contributed by atoms with Crippen molar-refractivity contribution in [3.05, 3.63) is 66.2 Å². The third-order valence-corrected chi connectivity index (χ3v) is 4.55. The van der Waals surface area contributed by atoms with Crippen LogP contribution in [0.1, 0.15) is 26.3 Å². The molecule has 2 aliphatic rings. The Bertz CT molecular complexity index is 742. The minimum Gasteiger partial charge on any atom is -0.334 e. The maximum atomic E-state index is 6.24. The Kier molecular flexibility index (Phi) is 3.00. The molecule has 0 radical (unpaired) electrons. The summed E-state index contributed by atoms with van der Waals surface area (Å²) in [6, 6.07) is 20.5. The molecule has 0 N–H and O–H groups in total. The number of amidine groups is 1. The summed E-state index contributed by atoms with van der Waals surface area (Å²) in [4.78, 5) is 2.29. The summed E-state index contributed by atoms with van der Waals surface area (Å²) in [7, 11) is 0. The monoisotopic (exact) mass is 307 g/mol. The van der Waals surface area contributed by atoms with Gasteiger partial charge in [-0.15, -0.1) is 5.10 Å². The van der Waals surface area contributed by atoms with E-state index in [1.54, 1.807) is 0 Å². The molecule has 118 valence electrons. The van der Waals surface area contributed by atoms with Crippen molar-refractivity contribution < 1.29 is 4.74 Å². The summed E-state index contributed by atoms with van der Waals surface area (Å²) in [5, 5.41) is 6.92. The van der Waals surface area contributed by atoms with Crippen molar-refractivity contribution in [1.29, 1.82) is 0 Å². The zero-order valence-electron chi connectivity index (χ0n) is 13.7. The van der Waals surface area contributed by atoms with E-state index in [4.69, 9.17) is 9.84 Å². The van der Waals surface area contributed by atoms with Crippen LogP contribution in [0.25, 0.3) is 0 Å². The minimum absolute atomic E-state index is 0.118. The van der Waals surface area contributed by atoms with E-state index >= 15 is 0 Å². The first-order valence-electron chi connectivity index (χ1n) is 7.96. The molecule has 2 aliphatic heterocycles. The minimum atomic E-state index is -0.601. The molecule has 1 fully saturated rings. The second kappa shape index (κ2) is 4.83. The van der Waals surface area contributed by atoms with Gasteiger partial charge in [0.05, 0.1) is 17.8 Å². The van der Waals surface area contributed by atoms with Crippen molar-refractivity contribution in [2.75, 3.05) is 11.6 Å². The number of benzene rings is 2. The fourth-order valence-corrected chi connectivity index (χ4v) is 3.52. The summed E-state index contributed by atoms with van der Waals surface area (Å²) in [5.74, 6) is 0.357. The highest BCUT2D eigenvalue weighted by Gasteiger charge is 2.58. The van der Waals surface area contributed by atoms with Gasteiger partial charge in [-0.2, -0.15) is 0 Å². The van der Waals surface area contributed by atoms with Crippen LogP contribution in [-0.2, 0) is 4.74 Å². The average Bonchev–Trinajstić information content (AvgIpc) is 3.01. The SMILES string of the molecule is CC1(C)COC2(C)N(c3ccccc3)N=C(c3ccccc3)N12. The number of hydrogen-bond acceptors (Lipinski definition) is 4. The van der Waals surface area contributed by atoms with Crippen LogP contribution >= 0.6 is 0 Å². The molecule has 0 aromatic heterocycles. The van der Waals surface area contributed by atoms with E-state index in [0.717, 1.165) is 17.1 Å². The highest BCUT2D eigenvalue weighted by molar-refractivity contribution is 6.02. The van der Waals surface area contributed by atoms with Crippen LogP contribution in [0.5, 0.6) is 0 Å². The molecule has 1 unspecified atom stereocenters. The highest BCUT2D eigenvalue weighted by Crippen LogP contribution is 2.44. The van der Waals surface area contributed by atoms with Crippen molar-refractivity contribution in [3.8, 4) is 0 Å². The predicted molar refractivity (Wildman–Crippen MR) is 92.2 cm³/mol. The summed E-state index contributed by atoms with van der Waals surface area (Å²) in [6.45, 7) is 7.16. The van der Waals surface area contributed by atoms with E-state index < -0.39 is 5.85 Å². The maximum absolute atomic E-state index is 6.24. The summed E-state index contributed by atoms with van der Waals surface area (Å²) in [5.41, 5.74) is 2.02. The molecule has 4 nitrogen and oxygen atoms in total. The molecule has 2 heterocycles. The molecule has 1 atom stereocenters. The third kappa shape index (κ3) is 2.05. The van der Waals surface area contributed by atoms with Crippen LogP contribution in [0.3, 0.4) is 0 Å². The lowest BCUT2D eigenvalue weighted by molar-refractivity contribution is -0.0315. The molecule has 0 amide bonds. The molecular weight excluding hydrogens is 286 g/mol. The van der Waals surface area contributed by atoms with Gasteiger partial charge in [-0.05, 0) is 26.0 Å². The van der Waals surface area contributed by atoms with E-state index in [-0.39, 0.29) is 5.54 Å².